The van der Waals surface area contributed by atoms with Gasteiger partial charge in [0.05, 0.1) is 10.6 Å². The van der Waals surface area contributed by atoms with E-state index in [2.05, 4.69) is 10.6 Å². The Labute approximate surface area is 159 Å². The van der Waals surface area contributed by atoms with E-state index in [0.29, 0.717) is 10.7 Å². The fraction of sp³-hybridized carbons (Fsp3) is 0. The number of rotatable bonds is 2. The Morgan fingerprint density at radius 2 is 1.84 bits per heavy atom. The molecule has 0 aliphatic carbocycles. The minimum atomic E-state index is -0.442. The lowest BCUT2D eigenvalue weighted by Gasteiger charge is -2.12. The van der Waals surface area contributed by atoms with E-state index in [1.54, 1.807) is 30.3 Å². The van der Waals surface area contributed by atoms with E-state index in [4.69, 9.17) is 35.4 Å². The maximum absolute atomic E-state index is 12.3. The van der Waals surface area contributed by atoms with Gasteiger partial charge in [0.1, 0.15) is 5.75 Å². The molecule has 4 nitrogen and oxygen atoms in total. The zero-order valence-corrected chi connectivity index (χ0v) is 15.0. The van der Waals surface area contributed by atoms with Crippen molar-refractivity contribution in [2.45, 2.75) is 0 Å². The highest BCUT2D eigenvalue weighted by Crippen LogP contribution is 2.27. The number of aromatic hydroxyl groups is 1. The van der Waals surface area contributed by atoms with Crippen molar-refractivity contribution in [3.05, 3.63) is 70.2 Å². The van der Waals surface area contributed by atoms with Gasteiger partial charge in [0.15, 0.2) is 5.11 Å². The number of nitrogens with one attached hydrogen (secondary N) is 2. The molecule has 3 aromatic rings. The fourth-order valence-electron chi connectivity index (χ4n) is 2.37. The summed E-state index contributed by atoms with van der Waals surface area (Å²) in [4.78, 5) is 12.3. The van der Waals surface area contributed by atoms with E-state index in [9.17, 15) is 9.90 Å². The number of carbonyl (C=O) groups is 1. The molecule has 1 amide bonds. The topological polar surface area (TPSA) is 61.4 Å². The number of phenolic OH excluding ortho intramolecular Hbond substituents is 1. The maximum atomic E-state index is 12.3. The highest BCUT2D eigenvalue weighted by atomic mass is 35.5. The lowest BCUT2D eigenvalue weighted by molar-refractivity contribution is 0.0978. The Morgan fingerprint density at radius 3 is 2.60 bits per heavy atom. The molecule has 0 bridgehead atoms. The number of hydrogen-bond acceptors (Lipinski definition) is 3. The Morgan fingerprint density at radius 1 is 1.04 bits per heavy atom. The summed E-state index contributed by atoms with van der Waals surface area (Å²) in [5.74, 6) is -0.299. The summed E-state index contributed by atoms with van der Waals surface area (Å²) in [7, 11) is 0. The summed E-state index contributed by atoms with van der Waals surface area (Å²) in [6.45, 7) is 0. The molecule has 0 aromatic heterocycles. The van der Waals surface area contributed by atoms with Crippen molar-refractivity contribution in [3.63, 3.8) is 0 Å². The average Bonchev–Trinajstić information content (AvgIpc) is 2.55. The van der Waals surface area contributed by atoms with Gasteiger partial charge in [-0.1, -0.05) is 41.4 Å². The van der Waals surface area contributed by atoms with Crippen LogP contribution in [0.1, 0.15) is 10.4 Å². The van der Waals surface area contributed by atoms with Crippen molar-refractivity contribution in [2.24, 2.45) is 0 Å². The quantitative estimate of drug-likeness (QED) is 0.540. The Kier molecular flexibility index (Phi) is 5.08. The first-order valence-corrected chi connectivity index (χ1v) is 8.39. The van der Waals surface area contributed by atoms with Crippen LogP contribution in [-0.2, 0) is 0 Å². The molecule has 0 saturated heterocycles. The molecule has 126 valence electrons. The molecule has 0 saturated carbocycles. The van der Waals surface area contributed by atoms with Crippen LogP contribution in [0.15, 0.2) is 54.6 Å². The lowest BCUT2D eigenvalue weighted by Crippen LogP contribution is -2.34. The molecule has 3 rings (SSSR count). The van der Waals surface area contributed by atoms with E-state index in [-0.39, 0.29) is 21.4 Å². The number of hydrogen-bond donors (Lipinski definition) is 3. The molecule has 0 fully saturated rings. The van der Waals surface area contributed by atoms with E-state index in [0.717, 1.165) is 10.8 Å². The molecule has 0 spiro atoms. The van der Waals surface area contributed by atoms with Gasteiger partial charge in [0, 0.05) is 16.1 Å². The summed E-state index contributed by atoms with van der Waals surface area (Å²) in [5, 5.41) is 17.7. The van der Waals surface area contributed by atoms with Gasteiger partial charge in [-0.2, -0.15) is 0 Å². The summed E-state index contributed by atoms with van der Waals surface area (Å²) in [6.07, 6.45) is 0. The number of anilines is 1. The number of halogens is 2. The molecule has 0 aliphatic rings. The monoisotopic (exact) mass is 390 g/mol. The van der Waals surface area contributed by atoms with Gasteiger partial charge < -0.3 is 10.4 Å². The SMILES string of the molecule is O=C(NC(=S)Nc1cccc2ccc(O)cc12)c1ccc(Cl)cc1Cl. The van der Waals surface area contributed by atoms with Crippen LogP contribution in [0.2, 0.25) is 10.0 Å². The summed E-state index contributed by atoms with van der Waals surface area (Å²) in [5.41, 5.74) is 0.937. The summed E-state index contributed by atoms with van der Waals surface area (Å²) >= 11 is 17.1. The molecule has 7 heteroatoms. The third kappa shape index (κ3) is 4.02. The predicted octanol–water partition coefficient (Wildman–Crippen LogP) is 4.98. The van der Waals surface area contributed by atoms with Crippen molar-refractivity contribution >= 4 is 62.9 Å². The molecule has 25 heavy (non-hydrogen) atoms. The van der Waals surface area contributed by atoms with Crippen LogP contribution in [0, 0.1) is 0 Å². The number of phenols is 1. The number of amides is 1. The van der Waals surface area contributed by atoms with Gasteiger partial charge in [-0.25, -0.2) is 0 Å². The van der Waals surface area contributed by atoms with E-state index in [1.807, 2.05) is 12.1 Å². The smallest absolute Gasteiger partial charge is 0.258 e. The number of thiocarbonyl (C=S) groups is 1. The van der Waals surface area contributed by atoms with E-state index in [1.165, 1.54) is 12.1 Å². The van der Waals surface area contributed by atoms with Crippen LogP contribution in [0.3, 0.4) is 0 Å². The highest BCUT2D eigenvalue weighted by Gasteiger charge is 2.13. The molecule has 0 aliphatic heterocycles. The Balaban J connectivity index is 1.79. The Hall–Kier alpha value is -2.34. The van der Waals surface area contributed by atoms with Crippen LogP contribution >= 0.6 is 35.4 Å². The fourth-order valence-corrected chi connectivity index (χ4v) is 3.06. The van der Waals surface area contributed by atoms with Crippen molar-refractivity contribution in [3.8, 4) is 5.75 Å². The normalized spacial score (nSPS) is 10.5. The first kappa shape index (κ1) is 17.5. The van der Waals surface area contributed by atoms with Crippen LogP contribution < -0.4 is 10.6 Å². The number of benzene rings is 3. The van der Waals surface area contributed by atoms with Crippen molar-refractivity contribution in [1.82, 2.24) is 5.32 Å². The van der Waals surface area contributed by atoms with Crippen LogP contribution in [-0.4, -0.2) is 16.1 Å². The van der Waals surface area contributed by atoms with Gasteiger partial charge in [-0.15, -0.1) is 0 Å². The lowest BCUT2D eigenvalue weighted by atomic mass is 10.1. The first-order chi connectivity index (χ1) is 11.9. The van der Waals surface area contributed by atoms with Crippen molar-refractivity contribution in [1.29, 1.82) is 0 Å². The molecule has 0 radical (unpaired) electrons. The van der Waals surface area contributed by atoms with E-state index >= 15 is 0 Å². The van der Waals surface area contributed by atoms with E-state index < -0.39 is 5.91 Å². The number of carbonyl (C=O) groups excluding carboxylic acids is 1. The van der Waals surface area contributed by atoms with Gasteiger partial charge >= 0.3 is 0 Å². The Bertz CT molecular complexity index is 992. The molecular weight excluding hydrogens is 379 g/mol. The third-order valence-corrected chi connectivity index (χ3v) is 4.27. The minimum absolute atomic E-state index is 0.117. The zero-order valence-electron chi connectivity index (χ0n) is 12.7. The largest absolute Gasteiger partial charge is 0.508 e. The molecule has 0 atom stereocenters. The number of fused-ring (bicyclic) bond motifs is 1. The highest BCUT2D eigenvalue weighted by molar-refractivity contribution is 7.80. The molecule has 0 unspecified atom stereocenters. The standard InChI is InChI=1S/C18H12Cl2N2O2S/c19-11-5-7-13(15(20)8-11)17(24)22-18(25)21-16-3-1-2-10-4-6-12(23)9-14(10)16/h1-9,23H,(H2,21,22,24,25). The zero-order chi connectivity index (χ0) is 18.0. The van der Waals surface area contributed by atoms with Gasteiger partial charge in [-0.3, -0.25) is 10.1 Å². The van der Waals surface area contributed by atoms with Gasteiger partial charge in [-0.05, 0) is 54.0 Å². The molecule has 0 heterocycles. The van der Waals surface area contributed by atoms with Crippen LogP contribution in [0.25, 0.3) is 10.8 Å². The van der Waals surface area contributed by atoms with Crippen molar-refractivity contribution in [2.75, 3.05) is 5.32 Å². The average molecular weight is 391 g/mol. The minimum Gasteiger partial charge on any atom is -0.508 e. The second-order valence-corrected chi connectivity index (χ2v) is 6.50. The predicted molar refractivity (Wildman–Crippen MR) is 106 cm³/mol. The third-order valence-electron chi connectivity index (χ3n) is 3.52. The maximum Gasteiger partial charge on any atom is 0.258 e. The van der Waals surface area contributed by atoms with Crippen LogP contribution in [0.4, 0.5) is 5.69 Å². The molecule has 3 N–H and O–H groups in total. The van der Waals surface area contributed by atoms with Gasteiger partial charge in [0.2, 0.25) is 0 Å². The molecule has 3 aromatic carbocycles. The second kappa shape index (κ2) is 7.27. The summed E-state index contributed by atoms with van der Waals surface area (Å²) in [6, 6.07) is 15.2. The van der Waals surface area contributed by atoms with Crippen LogP contribution in [0.5, 0.6) is 5.75 Å². The summed E-state index contributed by atoms with van der Waals surface area (Å²) < 4.78 is 0. The van der Waals surface area contributed by atoms with Gasteiger partial charge in [0.25, 0.3) is 5.91 Å². The second-order valence-electron chi connectivity index (χ2n) is 5.24. The van der Waals surface area contributed by atoms with Crippen molar-refractivity contribution < 1.29 is 9.90 Å². The molecular formula is C18H12Cl2N2O2S. The first-order valence-electron chi connectivity index (χ1n) is 7.23.